The van der Waals surface area contributed by atoms with E-state index in [4.69, 9.17) is 16.3 Å². The van der Waals surface area contributed by atoms with Crippen LogP contribution in [0.5, 0.6) is 23.0 Å². The SMILES string of the molecule is Oc1cc2c(cc1Cl)C=C(c1cccc(O)c1O)CO2. The van der Waals surface area contributed by atoms with E-state index in [0.717, 1.165) is 0 Å². The molecule has 1 aliphatic heterocycles. The van der Waals surface area contributed by atoms with Gasteiger partial charge >= 0.3 is 0 Å². The maximum atomic E-state index is 9.88. The van der Waals surface area contributed by atoms with Crippen LogP contribution in [0, 0.1) is 0 Å². The van der Waals surface area contributed by atoms with Crippen LogP contribution in [0.3, 0.4) is 0 Å². The molecule has 102 valence electrons. The maximum absolute atomic E-state index is 9.88. The number of rotatable bonds is 1. The first kappa shape index (κ1) is 12.7. The van der Waals surface area contributed by atoms with Crippen molar-refractivity contribution < 1.29 is 20.1 Å². The van der Waals surface area contributed by atoms with Gasteiger partial charge in [-0.3, -0.25) is 0 Å². The third-order valence-corrected chi connectivity index (χ3v) is 3.46. The van der Waals surface area contributed by atoms with E-state index in [0.29, 0.717) is 22.4 Å². The Balaban J connectivity index is 2.10. The summed E-state index contributed by atoms with van der Waals surface area (Å²) in [6, 6.07) is 7.78. The lowest BCUT2D eigenvalue weighted by Crippen LogP contribution is -2.06. The first-order valence-electron chi connectivity index (χ1n) is 5.93. The van der Waals surface area contributed by atoms with Gasteiger partial charge in [0.05, 0.1) is 5.02 Å². The number of phenolic OH excluding ortho intramolecular Hbond substituents is 3. The molecule has 0 bridgehead atoms. The molecule has 3 rings (SSSR count). The van der Waals surface area contributed by atoms with Gasteiger partial charge in [0.15, 0.2) is 11.5 Å². The molecule has 4 nitrogen and oxygen atoms in total. The predicted octanol–water partition coefficient (Wildman–Crippen LogP) is 3.39. The Morgan fingerprint density at radius 2 is 1.85 bits per heavy atom. The van der Waals surface area contributed by atoms with E-state index in [2.05, 4.69) is 0 Å². The number of hydrogen-bond donors (Lipinski definition) is 3. The molecule has 0 aliphatic carbocycles. The summed E-state index contributed by atoms with van der Waals surface area (Å²) >= 11 is 5.87. The summed E-state index contributed by atoms with van der Waals surface area (Å²) < 4.78 is 5.54. The summed E-state index contributed by atoms with van der Waals surface area (Å²) in [4.78, 5) is 0. The Hall–Kier alpha value is -2.33. The molecule has 1 aliphatic rings. The van der Waals surface area contributed by atoms with Crippen LogP contribution in [0.2, 0.25) is 5.02 Å². The number of ether oxygens (including phenoxy) is 1. The number of fused-ring (bicyclic) bond motifs is 1. The summed E-state index contributed by atoms with van der Waals surface area (Å²) in [7, 11) is 0. The first-order valence-corrected chi connectivity index (χ1v) is 6.31. The topological polar surface area (TPSA) is 69.9 Å². The highest BCUT2D eigenvalue weighted by Crippen LogP contribution is 2.40. The van der Waals surface area contributed by atoms with Gasteiger partial charge in [-0.05, 0) is 18.2 Å². The van der Waals surface area contributed by atoms with Crippen LogP contribution in [0.15, 0.2) is 30.3 Å². The summed E-state index contributed by atoms with van der Waals surface area (Å²) in [5.41, 5.74) is 1.92. The minimum absolute atomic E-state index is 0.0394. The number of hydrogen-bond acceptors (Lipinski definition) is 4. The molecule has 0 unspecified atom stereocenters. The number of benzene rings is 2. The van der Waals surface area contributed by atoms with Crippen molar-refractivity contribution in [1.29, 1.82) is 0 Å². The molecule has 20 heavy (non-hydrogen) atoms. The molecule has 0 radical (unpaired) electrons. The average molecular weight is 291 g/mol. The maximum Gasteiger partial charge on any atom is 0.165 e. The van der Waals surface area contributed by atoms with Crippen molar-refractivity contribution in [2.45, 2.75) is 0 Å². The van der Waals surface area contributed by atoms with Crippen LogP contribution in [0.4, 0.5) is 0 Å². The van der Waals surface area contributed by atoms with E-state index < -0.39 is 0 Å². The Kier molecular flexibility index (Phi) is 2.95. The van der Waals surface area contributed by atoms with Gasteiger partial charge in [0, 0.05) is 22.8 Å². The van der Waals surface area contributed by atoms with E-state index in [1.165, 1.54) is 12.1 Å². The van der Waals surface area contributed by atoms with Crippen LogP contribution in [-0.4, -0.2) is 21.9 Å². The fraction of sp³-hybridized carbons (Fsp3) is 0.0667. The molecule has 0 saturated heterocycles. The van der Waals surface area contributed by atoms with Crippen LogP contribution in [0.25, 0.3) is 11.6 Å². The zero-order valence-corrected chi connectivity index (χ0v) is 11.1. The minimum Gasteiger partial charge on any atom is -0.506 e. The van der Waals surface area contributed by atoms with Crippen LogP contribution < -0.4 is 4.74 Å². The fourth-order valence-corrected chi connectivity index (χ4v) is 2.30. The van der Waals surface area contributed by atoms with Gasteiger partial charge in [-0.25, -0.2) is 0 Å². The molecule has 0 spiro atoms. The van der Waals surface area contributed by atoms with E-state index in [1.807, 2.05) is 0 Å². The normalized spacial score (nSPS) is 13.3. The van der Waals surface area contributed by atoms with Gasteiger partial charge < -0.3 is 20.1 Å². The number of aromatic hydroxyl groups is 3. The van der Waals surface area contributed by atoms with Crippen LogP contribution in [-0.2, 0) is 0 Å². The van der Waals surface area contributed by atoms with E-state index in [9.17, 15) is 15.3 Å². The zero-order valence-electron chi connectivity index (χ0n) is 10.3. The van der Waals surface area contributed by atoms with Crippen LogP contribution in [0.1, 0.15) is 11.1 Å². The molecule has 0 amide bonds. The number of para-hydroxylation sites is 1. The summed E-state index contributed by atoms with van der Waals surface area (Å²) in [5, 5.41) is 29.2. The highest BCUT2D eigenvalue weighted by Gasteiger charge is 2.18. The summed E-state index contributed by atoms with van der Waals surface area (Å²) in [6.45, 7) is 0.227. The van der Waals surface area contributed by atoms with Crippen molar-refractivity contribution in [3.05, 3.63) is 46.5 Å². The molecular formula is C15H11ClO4. The largest absolute Gasteiger partial charge is 0.506 e. The first-order chi connectivity index (χ1) is 9.56. The third kappa shape index (κ3) is 2.04. The Morgan fingerprint density at radius 3 is 2.65 bits per heavy atom. The Morgan fingerprint density at radius 1 is 1.05 bits per heavy atom. The lowest BCUT2D eigenvalue weighted by Gasteiger charge is -2.19. The van der Waals surface area contributed by atoms with Crippen molar-refractivity contribution in [1.82, 2.24) is 0 Å². The highest BCUT2D eigenvalue weighted by atomic mass is 35.5. The van der Waals surface area contributed by atoms with Crippen molar-refractivity contribution in [3.63, 3.8) is 0 Å². The Bertz CT molecular complexity index is 722. The molecule has 2 aromatic carbocycles. The smallest absolute Gasteiger partial charge is 0.165 e. The minimum atomic E-state index is -0.185. The molecule has 5 heteroatoms. The second kappa shape index (κ2) is 4.65. The Labute approximate surface area is 120 Å². The predicted molar refractivity (Wildman–Crippen MR) is 76.3 cm³/mol. The van der Waals surface area contributed by atoms with Gasteiger partial charge in [-0.1, -0.05) is 23.7 Å². The van der Waals surface area contributed by atoms with Crippen molar-refractivity contribution in [2.75, 3.05) is 6.61 Å². The molecule has 0 aromatic heterocycles. The third-order valence-electron chi connectivity index (χ3n) is 3.15. The average Bonchev–Trinajstić information content (AvgIpc) is 2.43. The lowest BCUT2D eigenvalue weighted by atomic mass is 9.99. The second-order valence-electron chi connectivity index (χ2n) is 4.47. The van der Waals surface area contributed by atoms with Gasteiger partial charge in [0.2, 0.25) is 0 Å². The second-order valence-corrected chi connectivity index (χ2v) is 4.88. The molecule has 1 heterocycles. The quantitative estimate of drug-likeness (QED) is 0.704. The highest BCUT2D eigenvalue weighted by molar-refractivity contribution is 6.32. The van der Waals surface area contributed by atoms with Gasteiger partial charge in [-0.15, -0.1) is 0 Å². The molecule has 0 atom stereocenters. The van der Waals surface area contributed by atoms with Gasteiger partial charge in [0.25, 0.3) is 0 Å². The monoisotopic (exact) mass is 290 g/mol. The van der Waals surface area contributed by atoms with Crippen molar-refractivity contribution in [3.8, 4) is 23.0 Å². The van der Waals surface area contributed by atoms with E-state index in [1.54, 1.807) is 24.3 Å². The number of phenols is 3. The van der Waals surface area contributed by atoms with Crippen molar-refractivity contribution >= 4 is 23.3 Å². The van der Waals surface area contributed by atoms with E-state index in [-0.39, 0.29) is 28.9 Å². The summed E-state index contributed by atoms with van der Waals surface area (Å²) in [5.74, 6) is 0.117. The molecule has 0 fully saturated rings. The molecule has 2 aromatic rings. The standard InChI is InChI=1S/C15H11ClO4/c16-11-5-8-4-9(7-20-14(8)6-13(11)18)10-2-1-3-12(17)15(10)19/h1-6,17-19H,7H2. The van der Waals surface area contributed by atoms with E-state index >= 15 is 0 Å². The van der Waals surface area contributed by atoms with Gasteiger partial charge in [-0.2, -0.15) is 0 Å². The van der Waals surface area contributed by atoms with Crippen molar-refractivity contribution in [2.24, 2.45) is 0 Å². The van der Waals surface area contributed by atoms with Crippen LogP contribution >= 0.6 is 11.6 Å². The lowest BCUT2D eigenvalue weighted by molar-refractivity contribution is 0.360. The fourth-order valence-electron chi connectivity index (χ4n) is 2.13. The van der Waals surface area contributed by atoms with Gasteiger partial charge in [0.1, 0.15) is 18.1 Å². The number of halogens is 1. The summed E-state index contributed by atoms with van der Waals surface area (Å²) in [6.07, 6.45) is 1.80. The zero-order chi connectivity index (χ0) is 14.3. The molecule has 3 N–H and O–H groups in total. The molecule has 0 saturated carbocycles. The molecular weight excluding hydrogens is 280 g/mol.